The molecule has 2 aliphatic rings. The lowest BCUT2D eigenvalue weighted by atomic mass is 9.99. The Balaban J connectivity index is 1.66. The van der Waals surface area contributed by atoms with Crippen LogP contribution in [0.3, 0.4) is 0 Å². The van der Waals surface area contributed by atoms with E-state index in [2.05, 4.69) is 0 Å². The monoisotopic (exact) mass is 238 g/mol. The molecule has 3 heteroatoms. The van der Waals surface area contributed by atoms with Crippen molar-refractivity contribution >= 4 is 0 Å². The van der Waals surface area contributed by atoms with Crippen LogP contribution in [-0.4, -0.2) is 11.2 Å². The number of hydrogen-bond donors (Lipinski definition) is 1. The molecule has 0 aliphatic heterocycles. The van der Waals surface area contributed by atoms with E-state index in [4.69, 9.17) is 0 Å². The van der Waals surface area contributed by atoms with Gasteiger partial charge in [0.15, 0.2) is 0 Å². The molecular formula is C14H16F2O. The average molecular weight is 238 g/mol. The van der Waals surface area contributed by atoms with Gasteiger partial charge < -0.3 is 5.11 Å². The van der Waals surface area contributed by atoms with Gasteiger partial charge in [0, 0.05) is 6.07 Å². The first-order valence-electron chi connectivity index (χ1n) is 6.28. The number of hydrogen-bond acceptors (Lipinski definition) is 1. The molecule has 17 heavy (non-hydrogen) atoms. The standard InChI is InChI=1S/C14H16F2O/c15-9-4-8(5-10(16)7-9)6-13(17)14-11-2-1-3-12(11)14/h4-5,7,11-14,17H,1-3,6H2. The van der Waals surface area contributed by atoms with E-state index in [-0.39, 0.29) is 0 Å². The first-order valence-corrected chi connectivity index (χ1v) is 6.28. The van der Waals surface area contributed by atoms with Gasteiger partial charge >= 0.3 is 0 Å². The van der Waals surface area contributed by atoms with Crippen molar-refractivity contribution in [2.45, 2.75) is 31.8 Å². The van der Waals surface area contributed by atoms with Crippen LogP contribution in [0.15, 0.2) is 18.2 Å². The van der Waals surface area contributed by atoms with Crippen LogP contribution in [0.2, 0.25) is 0 Å². The normalized spacial score (nSPS) is 32.3. The van der Waals surface area contributed by atoms with Crippen LogP contribution >= 0.6 is 0 Å². The molecule has 92 valence electrons. The van der Waals surface area contributed by atoms with Gasteiger partial charge in [0.25, 0.3) is 0 Å². The Morgan fingerprint density at radius 2 is 1.71 bits per heavy atom. The Hall–Kier alpha value is -0.960. The Labute approximate surface area is 99.5 Å². The van der Waals surface area contributed by atoms with E-state index >= 15 is 0 Å². The average Bonchev–Trinajstić information content (AvgIpc) is 2.72. The Morgan fingerprint density at radius 3 is 2.29 bits per heavy atom. The smallest absolute Gasteiger partial charge is 0.126 e. The van der Waals surface area contributed by atoms with Crippen molar-refractivity contribution in [3.05, 3.63) is 35.4 Å². The summed E-state index contributed by atoms with van der Waals surface area (Å²) in [5, 5.41) is 10.1. The van der Waals surface area contributed by atoms with Gasteiger partial charge in [0.05, 0.1) is 6.10 Å². The van der Waals surface area contributed by atoms with Crippen molar-refractivity contribution in [2.75, 3.05) is 0 Å². The van der Waals surface area contributed by atoms with Gasteiger partial charge in [-0.2, -0.15) is 0 Å². The minimum Gasteiger partial charge on any atom is -0.392 e. The number of aliphatic hydroxyl groups is 1. The fraction of sp³-hybridized carbons (Fsp3) is 0.571. The molecule has 3 unspecified atom stereocenters. The molecule has 0 aromatic heterocycles. The highest BCUT2D eigenvalue weighted by Crippen LogP contribution is 2.59. The quantitative estimate of drug-likeness (QED) is 0.858. The highest BCUT2D eigenvalue weighted by atomic mass is 19.1. The van der Waals surface area contributed by atoms with Crippen molar-refractivity contribution in [1.82, 2.24) is 0 Å². The predicted molar refractivity (Wildman–Crippen MR) is 60.4 cm³/mol. The second-order valence-electron chi connectivity index (χ2n) is 5.39. The molecule has 2 saturated carbocycles. The van der Waals surface area contributed by atoms with Crippen LogP contribution in [0.5, 0.6) is 0 Å². The minimum atomic E-state index is -0.566. The second-order valence-corrected chi connectivity index (χ2v) is 5.39. The molecular weight excluding hydrogens is 222 g/mol. The Kier molecular flexibility index (Phi) is 2.66. The molecule has 0 amide bonds. The molecule has 3 atom stereocenters. The summed E-state index contributed by atoms with van der Waals surface area (Å²) in [6, 6.07) is 3.48. The number of aliphatic hydroxyl groups excluding tert-OH is 1. The largest absolute Gasteiger partial charge is 0.392 e. The van der Waals surface area contributed by atoms with Gasteiger partial charge in [-0.15, -0.1) is 0 Å². The van der Waals surface area contributed by atoms with E-state index in [0.29, 0.717) is 29.7 Å². The molecule has 1 N–H and O–H groups in total. The van der Waals surface area contributed by atoms with Crippen molar-refractivity contribution < 1.29 is 13.9 Å². The lowest BCUT2D eigenvalue weighted by Gasteiger charge is -2.12. The minimum absolute atomic E-state index is 0.367. The predicted octanol–water partition coefficient (Wildman–Crippen LogP) is 2.91. The molecule has 0 heterocycles. The Morgan fingerprint density at radius 1 is 1.12 bits per heavy atom. The first-order chi connectivity index (χ1) is 8.15. The topological polar surface area (TPSA) is 20.2 Å². The third-order valence-electron chi connectivity index (χ3n) is 4.28. The molecule has 1 aromatic carbocycles. The van der Waals surface area contributed by atoms with Crippen molar-refractivity contribution in [2.24, 2.45) is 17.8 Å². The van der Waals surface area contributed by atoms with Crippen LogP contribution in [0, 0.1) is 29.4 Å². The van der Waals surface area contributed by atoms with E-state index in [0.717, 1.165) is 6.07 Å². The van der Waals surface area contributed by atoms with Crippen LogP contribution in [-0.2, 0) is 6.42 Å². The van der Waals surface area contributed by atoms with Gasteiger partial charge in [-0.3, -0.25) is 0 Å². The lowest BCUT2D eigenvalue weighted by Crippen LogP contribution is -2.16. The summed E-state index contributed by atoms with van der Waals surface area (Å²) in [7, 11) is 0. The van der Waals surface area contributed by atoms with E-state index in [1.54, 1.807) is 0 Å². The maximum atomic E-state index is 13.0. The molecule has 0 bridgehead atoms. The highest BCUT2D eigenvalue weighted by Gasteiger charge is 2.55. The number of benzene rings is 1. The SMILES string of the molecule is OC(Cc1cc(F)cc(F)c1)C1C2CCCC21. The zero-order valence-electron chi connectivity index (χ0n) is 9.57. The molecule has 0 radical (unpaired) electrons. The van der Waals surface area contributed by atoms with E-state index in [1.807, 2.05) is 0 Å². The number of halogens is 2. The Bertz CT molecular complexity index is 402. The number of rotatable bonds is 3. The summed E-state index contributed by atoms with van der Waals surface area (Å²) in [5.41, 5.74) is 0.556. The lowest BCUT2D eigenvalue weighted by molar-refractivity contribution is 0.135. The van der Waals surface area contributed by atoms with E-state index < -0.39 is 17.7 Å². The fourth-order valence-corrected chi connectivity index (χ4v) is 3.55. The van der Waals surface area contributed by atoms with E-state index in [1.165, 1.54) is 31.4 Å². The molecule has 0 saturated heterocycles. The van der Waals surface area contributed by atoms with Crippen LogP contribution in [0.1, 0.15) is 24.8 Å². The molecule has 3 rings (SSSR count). The van der Waals surface area contributed by atoms with Crippen LogP contribution in [0.4, 0.5) is 8.78 Å². The van der Waals surface area contributed by atoms with Gasteiger partial charge in [0.1, 0.15) is 11.6 Å². The third kappa shape index (κ3) is 2.08. The highest BCUT2D eigenvalue weighted by molar-refractivity contribution is 5.20. The van der Waals surface area contributed by atoms with Crippen molar-refractivity contribution in [3.63, 3.8) is 0 Å². The zero-order valence-corrected chi connectivity index (χ0v) is 9.57. The molecule has 1 nitrogen and oxygen atoms in total. The number of fused-ring (bicyclic) bond motifs is 1. The summed E-state index contributed by atoms with van der Waals surface area (Å²) in [4.78, 5) is 0. The maximum absolute atomic E-state index is 13.0. The summed E-state index contributed by atoms with van der Waals surface area (Å²) in [6.07, 6.45) is 3.62. The summed E-state index contributed by atoms with van der Waals surface area (Å²) in [5.74, 6) is 0.577. The third-order valence-corrected chi connectivity index (χ3v) is 4.28. The zero-order chi connectivity index (χ0) is 12.0. The second kappa shape index (κ2) is 4.05. The van der Waals surface area contributed by atoms with Gasteiger partial charge in [-0.1, -0.05) is 6.42 Å². The summed E-state index contributed by atoms with van der Waals surface area (Å²) >= 11 is 0. The summed E-state index contributed by atoms with van der Waals surface area (Å²) in [6.45, 7) is 0. The maximum Gasteiger partial charge on any atom is 0.126 e. The van der Waals surface area contributed by atoms with Crippen molar-refractivity contribution in [3.8, 4) is 0 Å². The van der Waals surface area contributed by atoms with Crippen LogP contribution < -0.4 is 0 Å². The van der Waals surface area contributed by atoms with Gasteiger partial charge in [0.2, 0.25) is 0 Å². The molecule has 0 spiro atoms. The fourth-order valence-electron chi connectivity index (χ4n) is 3.55. The van der Waals surface area contributed by atoms with Crippen molar-refractivity contribution in [1.29, 1.82) is 0 Å². The summed E-state index contributed by atoms with van der Waals surface area (Å²) < 4.78 is 26.0. The van der Waals surface area contributed by atoms with E-state index in [9.17, 15) is 13.9 Å². The van der Waals surface area contributed by atoms with Gasteiger partial charge in [-0.05, 0) is 54.7 Å². The van der Waals surface area contributed by atoms with Crippen LogP contribution in [0.25, 0.3) is 0 Å². The molecule has 2 aliphatic carbocycles. The van der Waals surface area contributed by atoms with Gasteiger partial charge in [-0.25, -0.2) is 8.78 Å². The molecule has 2 fully saturated rings. The molecule has 1 aromatic rings. The first kappa shape index (κ1) is 11.1.